The molecule has 2 rings (SSSR count). The van der Waals surface area contributed by atoms with Crippen LogP contribution in [0.2, 0.25) is 0 Å². The molecule has 1 saturated carbocycles. The average molecular weight is 235 g/mol. The molecule has 0 bridgehead atoms. The monoisotopic (exact) mass is 235 g/mol. The van der Waals surface area contributed by atoms with E-state index in [1.807, 2.05) is 4.90 Å². The van der Waals surface area contributed by atoms with Crippen LogP contribution in [-0.2, 0) is 4.74 Å². The van der Waals surface area contributed by atoms with E-state index in [0.717, 1.165) is 12.8 Å². The lowest BCUT2D eigenvalue weighted by Gasteiger charge is -2.21. The smallest absolute Gasteiger partial charge is 0.272 e. The Morgan fingerprint density at radius 3 is 2.88 bits per heavy atom. The Bertz CT molecular complexity index is 387. The molecule has 0 spiro atoms. The Kier molecular flexibility index (Phi) is 3.58. The van der Waals surface area contributed by atoms with Crippen molar-refractivity contribution in [3.05, 3.63) is 24.0 Å². The van der Waals surface area contributed by atoms with Gasteiger partial charge in [0.25, 0.3) is 5.91 Å². The third-order valence-corrected chi connectivity index (χ3v) is 2.79. The Balaban J connectivity index is 2.07. The lowest BCUT2D eigenvalue weighted by Crippen LogP contribution is -2.36. The fraction of sp³-hybridized carbons (Fsp3) is 0.500. The van der Waals surface area contributed by atoms with E-state index in [4.69, 9.17) is 10.5 Å². The number of aromatic nitrogens is 1. The number of nitrogen functional groups attached to an aromatic ring is 1. The van der Waals surface area contributed by atoms with Gasteiger partial charge in [0.05, 0.1) is 18.5 Å². The van der Waals surface area contributed by atoms with Gasteiger partial charge in [-0.25, -0.2) is 4.98 Å². The van der Waals surface area contributed by atoms with E-state index in [9.17, 15) is 4.79 Å². The third kappa shape index (κ3) is 2.94. The largest absolute Gasteiger partial charge is 0.397 e. The molecule has 0 unspecified atom stereocenters. The van der Waals surface area contributed by atoms with Gasteiger partial charge in [-0.15, -0.1) is 0 Å². The summed E-state index contributed by atoms with van der Waals surface area (Å²) in [6.07, 6.45) is 3.66. The molecule has 0 aromatic carbocycles. The van der Waals surface area contributed by atoms with Gasteiger partial charge in [0.2, 0.25) is 0 Å². The predicted molar refractivity (Wildman–Crippen MR) is 64.6 cm³/mol. The average Bonchev–Trinajstić information content (AvgIpc) is 3.14. The van der Waals surface area contributed by atoms with Gasteiger partial charge in [-0.05, 0) is 25.0 Å². The van der Waals surface area contributed by atoms with Crippen molar-refractivity contribution in [3.8, 4) is 0 Å². The minimum Gasteiger partial charge on any atom is -0.397 e. The number of nitrogens with two attached hydrogens (primary N) is 1. The van der Waals surface area contributed by atoms with E-state index in [0.29, 0.717) is 30.6 Å². The number of hydrogen-bond donors (Lipinski definition) is 1. The number of rotatable bonds is 5. The number of nitrogens with zero attached hydrogens (tertiary/aromatic N) is 2. The highest BCUT2D eigenvalue weighted by Crippen LogP contribution is 2.27. The highest BCUT2D eigenvalue weighted by Gasteiger charge is 2.33. The summed E-state index contributed by atoms with van der Waals surface area (Å²) in [4.78, 5) is 18.1. The molecule has 1 aromatic heterocycles. The molecule has 1 amide bonds. The standard InChI is InChI=1S/C12H17N3O2/c1-17-7-6-15(10-3-4-10)12(16)11-5-2-9(13)8-14-11/h2,5,8,10H,3-4,6-7,13H2,1H3. The number of ether oxygens (including phenoxy) is 1. The van der Waals surface area contributed by atoms with E-state index in [1.165, 1.54) is 6.20 Å². The summed E-state index contributed by atoms with van der Waals surface area (Å²) < 4.78 is 5.02. The lowest BCUT2D eigenvalue weighted by atomic mass is 10.3. The number of carbonyl (C=O) groups is 1. The van der Waals surface area contributed by atoms with Gasteiger partial charge >= 0.3 is 0 Å². The van der Waals surface area contributed by atoms with Crippen LogP contribution in [0.3, 0.4) is 0 Å². The number of amides is 1. The second kappa shape index (κ2) is 5.14. The first-order chi connectivity index (χ1) is 8.22. The molecule has 1 heterocycles. The molecular weight excluding hydrogens is 218 g/mol. The summed E-state index contributed by atoms with van der Waals surface area (Å²) in [5.41, 5.74) is 6.56. The summed E-state index contributed by atoms with van der Waals surface area (Å²) in [7, 11) is 1.64. The Labute approximate surface area is 101 Å². The van der Waals surface area contributed by atoms with Crippen LogP contribution in [0.15, 0.2) is 18.3 Å². The van der Waals surface area contributed by atoms with Crippen LogP contribution in [-0.4, -0.2) is 42.1 Å². The zero-order valence-electron chi connectivity index (χ0n) is 9.93. The summed E-state index contributed by atoms with van der Waals surface area (Å²) in [6, 6.07) is 3.72. The molecule has 5 nitrogen and oxygen atoms in total. The first-order valence-corrected chi connectivity index (χ1v) is 5.74. The van der Waals surface area contributed by atoms with Crippen LogP contribution < -0.4 is 5.73 Å². The van der Waals surface area contributed by atoms with E-state index in [2.05, 4.69) is 4.98 Å². The van der Waals surface area contributed by atoms with Crippen molar-refractivity contribution in [3.63, 3.8) is 0 Å². The van der Waals surface area contributed by atoms with Gasteiger partial charge in [-0.1, -0.05) is 0 Å². The zero-order valence-corrected chi connectivity index (χ0v) is 9.93. The lowest BCUT2D eigenvalue weighted by molar-refractivity contribution is 0.0674. The summed E-state index contributed by atoms with van der Waals surface area (Å²) >= 11 is 0. The Hall–Kier alpha value is -1.62. The maximum atomic E-state index is 12.2. The normalized spacial score (nSPS) is 14.6. The first-order valence-electron chi connectivity index (χ1n) is 5.74. The van der Waals surface area contributed by atoms with Crippen molar-refractivity contribution in [2.75, 3.05) is 26.0 Å². The summed E-state index contributed by atoms with van der Waals surface area (Å²) in [5, 5.41) is 0. The van der Waals surface area contributed by atoms with Gasteiger partial charge in [-0.2, -0.15) is 0 Å². The molecule has 2 N–H and O–H groups in total. The molecule has 1 aromatic rings. The van der Waals surface area contributed by atoms with Crippen molar-refractivity contribution in [2.45, 2.75) is 18.9 Å². The predicted octanol–water partition coefficient (Wildman–Crippen LogP) is 0.915. The van der Waals surface area contributed by atoms with Crippen LogP contribution in [0.25, 0.3) is 0 Å². The number of carbonyl (C=O) groups excluding carboxylic acids is 1. The van der Waals surface area contributed by atoms with Gasteiger partial charge in [-0.3, -0.25) is 4.79 Å². The highest BCUT2D eigenvalue weighted by atomic mass is 16.5. The van der Waals surface area contributed by atoms with Crippen LogP contribution in [0.1, 0.15) is 23.3 Å². The topological polar surface area (TPSA) is 68.5 Å². The summed E-state index contributed by atoms with van der Waals surface area (Å²) in [5.74, 6) is -0.0375. The number of anilines is 1. The zero-order chi connectivity index (χ0) is 12.3. The third-order valence-electron chi connectivity index (χ3n) is 2.79. The van der Waals surface area contributed by atoms with Crippen molar-refractivity contribution < 1.29 is 9.53 Å². The van der Waals surface area contributed by atoms with Gasteiger partial charge in [0.15, 0.2) is 0 Å². The van der Waals surface area contributed by atoms with Crippen molar-refractivity contribution >= 4 is 11.6 Å². The fourth-order valence-electron chi connectivity index (χ4n) is 1.70. The molecule has 5 heteroatoms. The SMILES string of the molecule is COCCN(C(=O)c1ccc(N)cn1)C1CC1. The van der Waals surface area contributed by atoms with Gasteiger partial charge in [0, 0.05) is 19.7 Å². The van der Waals surface area contributed by atoms with E-state index < -0.39 is 0 Å². The van der Waals surface area contributed by atoms with Crippen molar-refractivity contribution in [2.24, 2.45) is 0 Å². The highest BCUT2D eigenvalue weighted by molar-refractivity contribution is 5.92. The van der Waals surface area contributed by atoms with Gasteiger partial charge < -0.3 is 15.4 Å². The van der Waals surface area contributed by atoms with E-state index in [1.54, 1.807) is 19.2 Å². The molecule has 0 saturated heterocycles. The second-order valence-electron chi connectivity index (χ2n) is 4.20. The Morgan fingerprint density at radius 2 is 2.35 bits per heavy atom. The van der Waals surface area contributed by atoms with E-state index in [-0.39, 0.29) is 5.91 Å². The second-order valence-corrected chi connectivity index (χ2v) is 4.20. The fourth-order valence-corrected chi connectivity index (χ4v) is 1.70. The molecule has 92 valence electrons. The molecule has 1 aliphatic carbocycles. The molecule has 0 atom stereocenters. The minimum absolute atomic E-state index is 0.0375. The van der Waals surface area contributed by atoms with E-state index >= 15 is 0 Å². The minimum atomic E-state index is -0.0375. The van der Waals surface area contributed by atoms with Crippen molar-refractivity contribution in [1.82, 2.24) is 9.88 Å². The maximum Gasteiger partial charge on any atom is 0.272 e. The van der Waals surface area contributed by atoms with Crippen LogP contribution >= 0.6 is 0 Å². The quantitative estimate of drug-likeness (QED) is 0.823. The summed E-state index contributed by atoms with van der Waals surface area (Å²) in [6.45, 7) is 1.17. The number of pyridine rings is 1. The van der Waals surface area contributed by atoms with Crippen molar-refractivity contribution in [1.29, 1.82) is 0 Å². The molecule has 1 fully saturated rings. The molecule has 17 heavy (non-hydrogen) atoms. The van der Waals surface area contributed by atoms with Gasteiger partial charge in [0.1, 0.15) is 5.69 Å². The van der Waals surface area contributed by atoms with Crippen LogP contribution in [0.5, 0.6) is 0 Å². The number of hydrogen-bond acceptors (Lipinski definition) is 4. The molecule has 0 radical (unpaired) electrons. The molecular formula is C12H17N3O2. The number of methoxy groups -OCH3 is 1. The maximum absolute atomic E-state index is 12.2. The van der Waals surface area contributed by atoms with Crippen LogP contribution in [0.4, 0.5) is 5.69 Å². The molecule has 1 aliphatic rings. The molecule has 0 aliphatic heterocycles. The Morgan fingerprint density at radius 1 is 1.59 bits per heavy atom. The first kappa shape index (κ1) is 11.9. The van der Waals surface area contributed by atoms with Crippen LogP contribution in [0, 0.1) is 0 Å².